The number of nitrogens with zero attached hydrogens (tertiary/aromatic N) is 1. The lowest BCUT2D eigenvalue weighted by atomic mass is 9.80. The summed E-state index contributed by atoms with van der Waals surface area (Å²) in [5.41, 5.74) is 2.60. The first-order valence-electron chi connectivity index (χ1n) is 8.99. The molecule has 0 saturated carbocycles. The number of anilines is 1. The lowest BCUT2D eigenvalue weighted by Gasteiger charge is -2.31. The lowest BCUT2D eigenvalue weighted by Crippen LogP contribution is -2.46. The molecule has 1 fully saturated rings. The van der Waals surface area contributed by atoms with E-state index in [4.69, 9.17) is 0 Å². The highest BCUT2D eigenvalue weighted by molar-refractivity contribution is 7.10. The molecule has 1 aliphatic carbocycles. The largest absolute Gasteiger partial charge is 0.325 e. The van der Waals surface area contributed by atoms with Crippen LogP contribution in [-0.2, 0) is 21.5 Å². The van der Waals surface area contributed by atoms with E-state index in [1.54, 1.807) is 11.3 Å². The second-order valence-corrected chi connectivity index (χ2v) is 8.21. The number of hydrogen-bond donors (Lipinski definition) is 2. The molecule has 0 bridgehead atoms. The highest BCUT2D eigenvalue weighted by Crippen LogP contribution is 2.42. The normalized spacial score (nSPS) is 21.3. The SMILES string of the molecule is Cc1ccc(NC(=O)CN2C(=O)N[C@@]3(CCCc4sccc43)C2=O)c(C)c1. The molecule has 6 nitrogen and oxygen atoms in total. The van der Waals surface area contributed by atoms with E-state index in [1.165, 1.54) is 0 Å². The fourth-order valence-electron chi connectivity index (χ4n) is 3.97. The lowest BCUT2D eigenvalue weighted by molar-refractivity contribution is -0.134. The van der Waals surface area contributed by atoms with E-state index in [-0.39, 0.29) is 18.4 Å². The molecule has 1 aliphatic heterocycles. The number of carbonyl (C=O) groups is 3. The molecule has 0 unspecified atom stereocenters. The number of thiophene rings is 1. The van der Waals surface area contributed by atoms with Crippen LogP contribution in [-0.4, -0.2) is 29.3 Å². The van der Waals surface area contributed by atoms with Gasteiger partial charge in [0.25, 0.3) is 5.91 Å². The van der Waals surface area contributed by atoms with Crippen LogP contribution in [0.15, 0.2) is 29.6 Å². The first-order chi connectivity index (χ1) is 12.9. The Morgan fingerprint density at radius 3 is 2.89 bits per heavy atom. The zero-order chi connectivity index (χ0) is 19.2. The van der Waals surface area contributed by atoms with Gasteiger partial charge in [0.15, 0.2) is 0 Å². The average Bonchev–Trinajstić information content (AvgIpc) is 3.18. The van der Waals surface area contributed by atoms with Gasteiger partial charge >= 0.3 is 6.03 Å². The maximum Gasteiger partial charge on any atom is 0.325 e. The maximum atomic E-state index is 13.1. The van der Waals surface area contributed by atoms with Crippen LogP contribution in [0.5, 0.6) is 0 Å². The third-order valence-electron chi connectivity index (χ3n) is 5.29. The van der Waals surface area contributed by atoms with Gasteiger partial charge in [-0.2, -0.15) is 0 Å². The summed E-state index contributed by atoms with van der Waals surface area (Å²) < 4.78 is 0. The van der Waals surface area contributed by atoms with Gasteiger partial charge in [0.05, 0.1) is 0 Å². The zero-order valence-corrected chi connectivity index (χ0v) is 16.1. The number of rotatable bonds is 3. The van der Waals surface area contributed by atoms with Crippen LogP contribution in [0.25, 0.3) is 0 Å². The fourth-order valence-corrected chi connectivity index (χ4v) is 4.97. The molecule has 4 amide bonds. The Morgan fingerprint density at radius 2 is 2.11 bits per heavy atom. The highest BCUT2D eigenvalue weighted by Gasteiger charge is 2.54. The summed E-state index contributed by atoms with van der Waals surface area (Å²) in [4.78, 5) is 40.3. The minimum absolute atomic E-state index is 0.292. The van der Waals surface area contributed by atoms with E-state index in [9.17, 15) is 14.4 Å². The summed E-state index contributed by atoms with van der Waals surface area (Å²) in [5.74, 6) is -0.716. The third-order valence-corrected chi connectivity index (χ3v) is 6.27. The molecule has 1 spiro atoms. The predicted molar refractivity (Wildman–Crippen MR) is 104 cm³/mol. The Kier molecular flexibility index (Phi) is 4.26. The van der Waals surface area contributed by atoms with E-state index in [0.717, 1.165) is 39.3 Å². The number of fused-ring (bicyclic) bond motifs is 2. The van der Waals surface area contributed by atoms with Crippen molar-refractivity contribution < 1.29 is 14.4 Å². The quantitative estimate of drug-likeness (QED) is 0.800. The number of nitrogens with one attached hydrogen (secondary N) is 2. The van der Waals surface area contributed by atoms with Crippen LogP contribution < -0.4 is 10.6 Å². The molecule has 1 atom stereocenters. The number of imide groups is 1. The number of carbonyl (C=O) groups excluding carboxylic acids is 3. The summed E-state index contributed by atoms with van der Waals surface area (Å²) in [6, 6.07) is 7.12. The molecule has 140 valence electrons. The molecule has 4 rings (SSSR count). The van der Waals surface area contributed by atoms with Crippen molar-refractivity contribution in [3.63, 3.8) is 0 Å². The number of amides is 4. The van der Waals surface area contributed by atoms with E-state index < -0.39 is 11.6 Å². The van der Waals surface area contributed by atoms with Gasteiger partial charge in [-0.05, 0) is 56.2 Å². The van der Waals surface area contributed by atoms with Gasteiger partial charge < -0.3 is 10.6 Å². The van der Waals surface area contributed by atoms with Crippen LogP contribution in [0.4, 0.5) is 10.5 Å². The van der Waals surface area contributed by atoms with Crippen molar-refractivity contribution >= 4 is 34.9 Å². The first-order valence-corrected chi connectivity index (χ1v) is 9.87. The third kappa shape index (κ3) is 2.92. The molecule has 27 heavy (non-hydrogen) atoms. The van der Waals surface area contributed by atoms with E-state index in [1.807, 2.05) is 43.5 Å². The fraction of sp³-hybridized carbons (Fsp3) is 0.350. The topological polar surface area (TPSA) is 78.5 Å². The Hall–Kier alpha value is -2.67. The molecule has 2 N–H and O–H groups in total. The molecular formula is C20H21N3O3S. The van der Waals surface area contributed by atoms with E-state index in [2.05, 4.69) is 10.6 Å². The average molecular weight is 383 g/mol. The van der Waals surface area contributed by atoms with Crippen LogP contribution in [0.3, 0.4) is 0 Å². The molecule has 2 aliphatic rings. The molecule has 0 radical (unpaired) electrons. The van der Waals surface area contributed by atoms with Crippen LogP contribution in [0.2, 0.25) is 0 Å². The smallest absolute Gasteiger partial charge is 0.324 e. The second kappa shape index (κ2) is 6.49. The molecular weight excluding hydrogens is 362 g/mol. The molecule has 1 aromatic carbocycles. The standard InChI is InChI=1S/C20H21N3O3S/c1-12-5-6-15(13(2)10-12)21-17(24)11-23-18(25)20(22-19(23)26)8-3-4-16-14(20)7-9-27-16/h5-7,9-10H,3-4,8,11H2,1-2H3,(H,21,24)(H,22,26)/t20-/m1/s1. The van der Waals surface area contributed by atoms with Crippen molar-refractivity contribution in [1.29, 1.82) is 0 Å². The van der Waals surface area contributed by atoms with Gasteiger partial charge in [0.2, 0.25) is 5.91 Å². The molecule has 2 heterocycles. The summed E-state index contributed by atoms with van der Waals surface area (Å²) in [5, 5.41) is 7.61. The van der Waals surface area contributed by atoms with Crippen LogP contribution in [0, 0.1) is 13.8 Å². The molecule has 2 aromatic rings. The molecule has 1 saturated heterocycles. The van der Waals surface area contributed by atoms with Gasteiger partial charge in [0, 0.05) is 16.1 Å². The predicted octanol–water partition coefficient (Wildman–Crippen LogP) is 3.09. The van der Waals surface area contributed by atoms with Crippen molar-refractivity contribution in [2.24, 2.45) is 0 Å². The number of urea groups is 1. The van der Waals surface area contributed by atoms with E-state index >= 15 is 0 Å². The van der Waals surface area contributed by atoms with E-state index in [0.29, 0.717) is 12.1 Å². The van der Waals surface area contributed by atoms with Gasteiger partial charge in [-0.15, -0.1) is 11.3 Å². The van der Waals surface area contributed by atoms with Gasteiger partial charge in [-0.1, -0.05) is 17.7 Å². The molecule has 1 aromatic heterocycles. The second-order valence-electron chi connectivity index (χ2n) is 7.20. The van der Waals surface area contributed by atoms with Crippen molar-refractivity contribution in [3.05, 3.63) is 51.2 Å². The first kappa shape index (κ1) is 17.7. The Balaban J connectivity index is 1.53. The zero-order valence-electron chi connectivity index (χ0n) is 15.3. The monoisotopic (exact) mass is 383 g/mol. The summed E-state index contributed by atoms with van der Waals surface area (Å²) in [6.07, 6.45) is 2.32. The number of hydrogen-bond acceptors (Lipinski definition) is 4. The van der Waals surface area contributed by atoms with Crippen molar-refractivity contribution in [1.82, 2.24) is 10.2 Å². The Labute approximate surface area is 161 Å². The van der Waals surface area contributed by atoms with Gasteiger partial charge in [-0.25, -0.2) is 4.79 Å². The Bertz CT molecular complexity index is 952. The van der Waals surface area contributed by atoms with Crippen molar-refractivity contribution in [2.75, 3.05) is 11.9 Å². The highest BCUT2D eigenvalue weighted by atomic mass is 32.1. The summed E-state index contributed by atoms with van der Waals surface area (Å²) in [6.45, 7) is 3.60. The Morgan fingerprint density at radius 1 is 1.30 bits per heavy atom. The van der Waals surface area contributed by atoms with Crippen molar-refractivity contribution in [3.8, 4) is 0 Å². The van der Waals surface area contributed by atoms with Crippen molar-refractivity contribution in [2.45, 2.75) is 38.6 Å². The maximum absolute atomic E-state index is 13.1. The van der Waals surface area contributed by atoms with Gasteiger partial charge in [-0.3, -0.25) is 14.5 Å². The number of aryl methyl sites for hydroxylation is 3. The summed E-state index contributed by atoms with van der Waals surface area (Å²) in [7, 11) is 0. The molecule has 7 heteroatoms. The minimum Gasteiger partial charge on any atom is -0.324 e. The minimum atomic E-state index is -1.01. The van der Waals surface area contributed by atoms with Gasteiger partial charge in [0.1, 0.15) is 12.1 Å². The van der Waals surface area contributed by atoms with Crippen LogP contribution >= 0.6 is 11.3 Å². The number of benzene rings is 1. The van der Waals surface area contributed by atoms with Crippen LogP contribution in [0.1, 0.15) is 34.4 Å². The summed E-state index contributed by atoms with van der Waals surface area (Å²) >= 11 is 1.61.